The van der Waals surface area contributed by atoms with E-state index >= 15 is 0 Å². The van der Waals surface area contributed by atoms with Gasteiger partial charge in [0.1, 0.15) is 5.82 Å². The molecule has 0 bridgehead atoms. The number of carbonyl (C=O) groups is 1. The summed E-state index contributed by atoms with van der Waals surface area (Å²) in [6, 6.07) is 6.21. The fraction of sp³-hybridized carbons (Fsp3) is 0.263. The van der Waals surface area contributed by atoms with Gasteiger partial charge in [-0.25, -0.2) is 4.39 Å². The summed E-state index contributed by atoms with van der Waals surface area (Å²) in [7, 11) is 1.71. The maximum atomic E-state index is 13.7. The van der Waals surface area contributed by atoms with Gasteiger partial charge < -0.3 is 4.90 Å². The van der Waals surface area contributed by atoms with Gasteiger partial charge in [0.05, 0.1) is 29.5 Å². The molecule has 4 rings (SSSR count). The monoisotopic (exact) mass is 336 g/mol. The molecule has 0 saturated heterocycles. The van der Waals surface area contributed by atoms with Crippen LogP contribution >= 0.6 is 0 Å². The van der Waals surface area contributed by atoms with Crippen LogP contribution < -0.4 is 0 Å². The molecular formula is C19H17FN4O. The summed E-state index contributed by atoms with van der Waals surface area (Å²) in [6.07, 6.45) is 6.98. The summed E-state index contributed by atoms with van der Waals surface area (Å²) in [5.41, 5.74) is 2.75. The highest BCUT2D eigenvalue weighted by Gasteiger charge is 2.27. The van der Waals surface area contributed by atoms with Crippen LogP contribution in [0.25, 0.3) is 10.9 Å². The smallest absolute Gasteiger partial charge is 0.254 e. The van der Waals surface area contributed by atoms with Crippen molar-refractivity contribution in [3.05, 3.63) is 65.6 Å². The van der Waals surface area contributed by atoms with Gasteiger partial charge in [-0.15, -0.1) is 0 Å². The molecule has 25 heavy (non-hydrogen) atoms. The summed E-state index contributed by atoms with van der Waals surface area (Å²) in [5.74, 6) is -0.143. The minimum absolute atomic E-state index is 0.175. The number of carbonyl (C=O) groups excluding carboxylic acids is 1. The van der Waals surface area contributed by atoms with Crippen LogP contribution in [-0.4, -0.2) is 32.8 Å². The van der Waals surface area contributed by atoms with E-state index in [0.717, 1.165) is 18.5 Å². The molecule has 1 saturated carbocycles. The highest BCUT2D eigenvalue weighted by molar-refractivity contribution is 6.06. The fourth-order valence-corrected chi connectivity index (χ4v) is 2.92. The van der Waals surface area contributed by atoms with Gasteiger partial charge in [-0.3, -0.25) is 19.7 Å². The Labute approximate surface area is 144 Å². The van der Waals surface area contributed by atoms with E-state index in [1.165, 1.54) is 12.1 Å². The number of benzene rings is 1. The molecule has 1 aliphatic carbocycles. The third kappa shape index (κ3) is 3.20. The van der Waals surface area contributed by atoms with E-state index in [-0.39, 0.29) is 11.7 Å². The van der Waals surface area contributed by atoms with Crippen molar-refractivity contribution in [2.45, 2.75) is 25.3 Å². The first-order valence-corrected chi connectivity index (χ1v) is 8.22. The largest absolute Gasteiger partial charge is 0.336 e. The molecule has 0 atom stereocenters. The topological polar surface area (TPSA) is 59.0 Å². The number of hydrogen-bond donors (Lipinski definition) is 0. The van der Waals surface area contributed by atoms with Gasteiger partial charge in [0.25, 0.3) is 5.91 Å². The molecule has 1 aromatic carbocycles. The number of fused-ring (bicyclic) bond motifs is 1. The average Bonchev–Trinajstić information content (AvgIpc) is 3.46. The molecule has 6 heteroatoms. The molecular weight excluding hydrogens is 319 g/mol. The van der Waals surface area contributed by atoms with Crippen molar-refractivity contribution in [3.63, 3.8) is 0 Å². The second-order valence-corrected chi connectivity index (χ2v) is 6.39. The Balaban J connectivity index is 1.73. The van der Waals surface area contributed by atoms with E-state index in [0.29, 0.717) is 34.6 Å². The van der Waals surface area contributed by atoms with Gasteiger partial charge in [0.15, 0.2) is 0 Å². The minimum atomic E-state index is -0.376. The SMILES string of the molecule is CN(Cc1cnccn1)C(=O)c1cc(C2CC2)nc2ccc(F)cc12. The quantitative estimate of drug-likeness (QED) is 0.733. The van der Waals surface area contributed by atoms with Gasteiger partial charge in [-0.1, -0.05) is 0 Å². The summed E-state index contributed by atoms with van der Waals surface area (Å²) in [6.45, 7) is 0.338. The molecule has 1 aliphatic rings. The summed E-state index contributed by atoms with van der Waals surface area (Å²) >= 11 is 0. The van der Waals surface area contributed by atoms with Crippen LogP contribution in [0.5, 0.6) is 0 Å². The van der Waals surface area contributed by atoms with Gasteiger partial charge >= 0.3 is 0 Å². The van der Waals surface area contributed by atoms with Crippen LogP contribution in [0.15, 0.2) is 42.9 Å². The number of rotatable bonds is 4. The number of halogens is 1. The molecule has 0 N–H and O–H groups in total. The van der Waals surface area contributed by atoms with Crippen molar-refractivity contribution in [1.29, 1.82) is 0 Å². The molecule has 5 nitrogen and oxygen atoms in total. The Hall–Kier alpha value is -2.89. The number of pyridine rings is 1. The second-order valence-electron chi connectivity index (χ2n) is 6.39. The van der Waals surface area contributed by atoms with Gasteiger partial charge in [-0.2, -0.15) is 0 Å². The molecule has 2 heterocycles. The van der Waals surface area contributed by atoms with Crippen molar-refractivity contribution in [2.24, 2.45) is 0 Å². The molecule has 1 fully saturated rings. The zero-order chi connectivity index (χ0) is 17.4. The first kappa shape index (κ1) is 15.6. The predicted molar refractivity (Wildman–Crippen MR) is 91.5 cm³/mol. The van der Waals surface area contributed by atoms with Crippen molar-refractivity contribution < 1.29 is 9.18 Å². The molecule has 126 valence electrons. The zero-order valence-corrected chi connectivity index (χ0v) is 13.8. The number of aromatic nitrogens is 3. The number of nitrogens with zero attached hydrogens (tertiary/aromatic N) is 4. The highest BCUT2D eigenvalue weighted by Crippen LogP contribution is 2.40. The second kappa shape index (κ2) is 6.20. The van der Waals surface area contributed by atoms with E-state index in [4.69, 9.17) is 0 Å². The zero-order valence-electron chi connectivity index (χ0n) is 13.8. The number of hydrogen-bond acceptors (Lipinski definition) is 4. The lowest BCUT2D eigenvalue weighted by molar-refractivity contribution is 0.0785. The van der Waals surface area contributed by atoms with Crippen molar-refractivity contribution in [2.75, 3.05) is 7.05 Å². The third-order valence-corrected chi connectivity index (χ3v) is 4.38. The maximum Gasteiger partial charge on any atom is 0.254 e. The highest BCUT2D eigenvalue weighted by atomic mass is 19.1. The molecule has 0 unspecified atom stereocenters. The Kier molecular flexibility index (Phi) is 3.87. The fourth-order valence-electron chi connectivity index (χ4n) is 2.92. The van der Waals surface area contributed by atoms with E-state index in [1.54, 1.807) is 36.6 Å². The van der Waals surface area contributed by atoms with Crippen LogP contribution in [0.3, 0.4) is 0 Å². The standard InChI is InChI=1S/C19H17FN4O/c1-24(11-14-10-21-6-7-22-14)19(25)16-9-18(12-2-3-12)23-17-5-4-13(20)8-15(16)17/h4-10,12H,2-3,11H2,1H3. The van der Waals surface area contributed by atoms with Crippen molar-refractivity contribution >= 4 is 16.8 Å². The summed E-state index contributed by atoms with van der Waals surface area (Å²) < 4.78 is 13.7. The van der Waals surface area contributed by atoms with E-state index in [9.17, 15) is 9.18 Å². The van der Waals surface area contributed by atoms with E-state index in [2.05, 4.69) is 15.0 Å². The Morgan fingerprint density at radius 1 is 1.28 bits per heavy atom. The molecule has 3 aromatic rings. The molecule has 0 spiro atoms. The van der Waals surface area contributed by atoms with Crippen LogP contribution in [0.2, 0.25) is 0 Å². The normalized spacial score (nSPS) is 13.8. The Bertz CT molecular complexity index is 941. The molecule has 1 amide bonds. The van der Waals surface area contributed by atoms with Crippen molar-refractivity contribution in [1.82, 2.24) is 19.9 Å². The van der Waals surface area contributed by atoms with Gasteiger partial charge in [-0.05, 0) is 37.1 Å². The van der Waals surface area contributed by atoms with Crippen LogP contribution in [-0.2, 0) is 6.54 Å². The summed E-state index contributed by atoms with van der Waals surface area (Å²) in [4.78, 5) is 27.4. The van der Waals surface area contributed by atoms with Gasteiger partial charge in [0, 0.05) is 36.4 Å². The number of amides is 1. The predicted octanol–water partition coefficient (Wildman–Crippen LogP) is 3.31. The van der Waals surface area contributed by atoms with E-state index in [1.807, 2.05) is 6.07 Å². The first-order valence-electron chi connectivity index (χ1n) is 8.22. The van der Waals surface area contributed by atoms with Crippen LogP contribution in [0.1, 0.15) is 40.5 Å². The molecule has 0 radical (unpaired) electrons. The Morgan fingerprint density at radius 2 is 2.12 bits per heavy atom. The Morgan fingerprint density at radius 3 is 2.84 bits per heavy atom. The van der Waals surface area contributed by atoms with Crippen LogP contribution in [0, 0.1) is 5.82 Å². The van der Waals surface area contributed by atoms with E-state index < -0.39 is 0 Å². The minimum Gasteiger partial charge on any atom is -0.336 e. The van der Waals surface area contributed by atoms with Gasteiger partial charge in [0.2, 0.25) is 0 Å². The van der Waals surface area contributed by atoms with Crippen molar-refractivity contribution in [3.8, 4) is 0 Å². The lowest BCUT2D eigenvalue weighted by Crippen LogP contribution is -2.27. The average molecular weight is 336 g/mol. The lowest BCUT2D eigenvalue weighted by Gasteiger charge is -2.18. The summed E-state index contributed by atoms with van der Waals surface area (Å²) in [5, 5.41) is 0.542. The third-order valence-electron chi connectivity index (χ3n) is 4.38. The lowest BCUT2D eigenvalue weighted by atomic mass is 10.0. The first-order chi connectivity index (χ1) is 12.1. The van der Waals surface area contributed by atoms with Crippen LogP contribution in [0.4, 0.5) is 4.39 Å². The molecule has 2 aromatic heterocycles. The molecule has 0 aliphatic heterocycles. The maximum absolute atomic E-state index is 13.7.